The molecule has 0 radical (unpaired) electrons. The summed E-state index contributed by atoms with van der Waals surface area (Å²) in [6.07, 6.45) is 3.68. The van der Waals surface area contributed by atoms with Gasteiger partial charge in [0.25, 0.3) is 5.91 Å². The minimum atomic E-state index is -0.267. The molecule has 1 aromatic carbocycles. The highest BCUT2D eigenvalue weighted by Gasteiger charge is 2.10. The summed E-state index contributed by atoms with van der Waals surface area (Å²) in [4.78, 5) is 29.6. The van der Waals surface area contributed by atoms with Gasteiger partial charge in [0.15, 0.2) is 0 Å². The Balaban J connectivity index is 2.24. The van der Waals surface area contributed by atoms with Crippen molar-refractivity contribution in [1.82, 2.24) is 9.97 Å². The van der Waals surface area contributed by atoms with Crippen molar-refractivity contribution < 1.29 is 9.59 Å². The maximum Gasteiger partial charge on any atom is 0.273 e. The van der Waals surface area contributed by atoms with Crippen LogP contribution in [0.2, 0.25) is 0 Å². The molecule has 3 N–H and O–H groups in total. The lowest BCUT2D eigenvalue weighted by atomic mass is 10.1. The van der Waals surface area contributed by atoms with Gasteiger partial charge in [0.1, 0.15) is 5.69 Å². The minimum absolute atomic E-state index is 0.153. The maximum absolute atomic E-state index is 12.0. The topological polar surface area (TPSA) is 86.9 Å². The normalized spacial score (nSPS) is 10.1. The molecule has 2 amide bonds. The van der Waals surface area contributed by atoms with E-state index in [1.807, 2.05) is 19.1 Å². The first-order valence-corrected chi connectivity index (χ1v) is 6.30. The van der Waals surface area contributed by atoms with E-state index in [0.717, 1.165) is 12.0 Å². The zero-order chi connectivity index (χ0) is 14.5. The molecule has 2 rings (SSSR count). The molecule has 0 aliphatic carbocycles. The molecule has 0 saturated heterocycles. The van der Waals surface area contributed by atoms with Crippen molar-refractivity contribution in [2.45, 2.75) is 20.3 Å². The van der Waals surface area contributed by atoms with Crippen LogP contribution in [0.15, 0.2) is 30.7 Å². The third-order valence-corrected chi connectivity index (χ3v) is 2.80. The van der Waals surface area contributed by atoms with E-state index in [1.54, 1.807) is 6.07 Å². The summed E-state index contributed by atoms with van der Waals surface area (Å²) in [6, 6.07) is 5.44. The van der Waals surface area contributed by atoms with Crippen LogP contribution >= 0.6 is 0 Å². The fraction of sp³-hybridized carbons (Fsp3) is 0.214. The Morgan fingerprint density at radius 2 is 2.10 bits per heavy atom. The number of nitrogens with zero attached hydrogens (tertiary/aromatic N) is 1. The van der Waals surface area contributed by atoms with E-state index in [-0.39, 0.29) is 11.8 Å². The number of imidazole rings is 1. The predicted octanol–water partition coefficient (Wildman–Crippen LogP) is 2.18. The van der Waals surface area contributed by atoms with E-state index in [4.69, 9.17) is 0 Å². The van der Waals surface area contributed by atoms with Crippen LogP contribution in [0.3, 0.4) is 0 Å². The molecule has 0 fully saturated rings. The van der Waals surface area contributed by atoms with Crippen LogP contribution in [0.4, 0.5) is 11.4 Å². The lowest BCUT2D eigenvalue weighted by molar-refractivity contribution is -0.114. The number of carbonyl (C=O) groups is 2. The van der Waals surface area contributed by atoms with Gasteiger partial charge in [0.2, 0.25) is 5.91 Å². The molecule has 0 spiro atoms. The van der Waals surface area contributed by atoms with Gasteiger partial charge in [-0.15, -0.1) is 0 Å². The van der Waals surface area contributed by atoms with Crippen molar-refractivity contribution in [2.24, 2.45) is 0 Å². The van der Waals surface area contributed by atoms with Crippen molar-refractivity contribution in [1.29, 1.82) is 0 Å². The third kappa shape index (κ3) is 3.23. The number of aromatic amines is 1. The molecule has 0 aliphatic heterocycles. The molecule has 0 aliphatic rings. The standard InChI is InChI=1S/C14H16N4O2/c1-3-10-4-5-11(17-9(2)19)6-12(10)18-14(20)13-7-15-8-16-13/h4-8H,3H2,1-2H3,(H,15,16)(H,17,19)(H,18,20). The summed E-state index contributed by atoms with van der Waals surface area (Å²) < 4.78 is 0. The van der Waals surface area contributed by atoms with Gasteiger partial charge >= 0.3 is 0 Å². The zero-order valence-electron chi connectivity index (χ0n) is 11.4. The third-order valence-electron chi connectivity index (χ3n) is 2.80. The van der Waals surface area contributed by atoms with Crippen LogP contribution in [0.25, 0.3) is 0 Å². The fourth-order valence-corrected chi connectivity index (χ4v) is 1.85. The first-order valence-electron chi connectivity index (χ1n) is 6.30. The zero-order valence-corrected chi connectivity index (χ0v) is 11.4. The second-order valence-corrected chi connectivity index (χ2v) is 4.33. The van der Waals surface area contributed by atoms with Crippen molar-refractivity contribution in [3.63, 3.8) is 0 Å². The summed E-state index contributed by atoms with van der Waals surface area (Å²) >= 11 is 0. The number of anilines is 2. The Bertz CT molecular complexity index is 620. The van der Waals surface area contributed by atoms with E-state index in [1.165, 1.54) is 19.4 Å². The quantitative estimate of drug-likeness (QED) is 0.797. The number of aryl methyl sites for hydroxylation is 1. The lowest BCUT2D eigenvalue weighted by Crippen LogP contribution is -2.14. The molecule has 0 bridgehead atoms. The van der Waals surface area contributed by atoms with Gasteiger partial charge in [-0.05, 0) is 24.1 Å². The summed E-state index contributed by atoms with van der Waals surface area (Å²) in [5, 5.41) is 5.51. The molecule has 6 heteroatoms. The molecule has 2 aromatic rings. The number of amides is 2. The second-order valence-electron chi connectivity index (χ2n) is 4.33. The Morgan fingerprint density at radius 3 is 2.70 bits per heavy atom. The Labute approximate surface area is 116 Å². The number of aromatic nitrogens is 2. The summed E-state index contributed by atoms with van der Waals surface area (Å²) in [5.41, 5.74) is 2.71. The molecule has 1 aromatic heterocycles. The molecule has 1 heterocycles. The lowest BCUT2D eigenvalue weighted by Gasteiger charge is -2.11. The van der Waals surface area contributed by atoms with Gasteiger partial charge in [0.05, 0.1) is 12.5 Å². The van der Waals surface area contributed by atoms with E-state index in [2.05, 4.69) is 20.6 Å². The fourth-order valence-electron chi connectivity index (χ4n) is 1.85. The number of nitrogens with one attached hydrogen (secondary N) is 3. The monoisotopic (exact) mass is 272 g/mol. The van der Waals surface area contributed by atoms with Gasteiger partial charge in [-0.25, -0.2) is 4.98 Å². The van der Waals surface area contributed by atoms with E-state index in [0.29, 0.717) is 17.1 Å². The summed E-state index contributed by atoms with van der Waals surface area (Å²) in [6.45, 7) is 3.44. The largest absolute Gasteiger partial charge is 0.341 e. The van der Waals surface area contributed by atoms with Crippen LogP contribution in [0.1, 0.15) is 29.9 Å². The van der Waals surface area contributed by atoms with E-state index < -0.39 is 0 Å². The highest BCUT2D eigenvalue weighted by molar-refractivity contribution is 6.03. The molecule has 0 unspecified atom stereocenters. The molecule has 0 atom stereocenters. The van der Waals surface area contributed by atoms with Crippen LogP contribution in [-0.2, 0) is 11.2 Å². The summed E-state index contributed by atoms with van der Waals surface area (Å²) in [7, 11) is 0. The average Bonchev–Trinajstić information content (AvgIpc) is 2.92. The average molecular weight is 272 g/mol. The van der Waals surface area contributed by atoms with Crippen LogP contribution in [0, 0.1) is 0 Å². The second kappa shape index (κ2) is 6.01. The van der Waals surface area contributed by atoms with E-state index >= 15 is 0 Å². The molecular weight excluding hydrogens is 256 g/mol. The highest BCUT2D eigenvalue weighted by Crippen LogP contribution is 2.22. The van der Waals surface area contributed by atoms with Crippen molar-refractivity contribution in [2.75, 3.05) is 10.6 Å². The van der Waals surface area contributed by atoms with Gasteiger partial charge in [-0.1, -0.05) is 13.0 Å². The molecule has 6 nitrogen and oxygen atoms in total. The smallest absolute Gasteiger partial charge is 0.273 e. The maximum atomic E-state index is 12.0. The van der Waals surface area contributed by atoms with Crippen LogP contribution in [-0.4, -0.2) is 21.8 Å². The van der Waals surface area contributed by atoms with Gasteiger partial charge in [-0.3, -0.25) is 9.59 Å². The van der Waals surface area contributed by atoms with Crippen LogP contribution < -0.4 is 10.6 Å². The molecule has 104 valence electrons. The number of benzene rings is 1. The first kappa shape index (κ1) is 13.8. The van der Waals surface area contributed by atoms with Crippen molar-refractivity contribution >= 4 is 23.2 Å². The SMILES string of the molecule is CCc1ccc(NC(C)=O)cc1NC(=O)c1cnc[nH]1. The van der Waals surface area contributed by atoms with E-state index in [9.17, 15) is 9.59 Å². The van der Waals surface area contributed by atoms with Crippen molar-refractivity contribution in [3.05, 3.63) is 42.0 Å². The van der Waals surface area contributed by atoms with Gasteiger partial charge in [0, 0.05) is 18.3 Å². The number of H-pyrrole nitrogens is 1. The number of carbonyl (C=O) groups excluding carboxylic acids is 2. The molecule has 20 heavy (non-hydrogen) atoms. The molecular formula is C14H16N4O2. The number of hydrogen-bond acceptors (Lipinski definition) is 3. The highest BCUT2D eigenvalue weighted by atomic mass is 16.2. The van der Waals surface area contributed by atoms with Gasteiger partial charge in [-0.2, -0.15) is 0 Å². The first-order chi connectivity index (χ1) is 9.60. The van der Waals surface area contributed by atoms with Crippen molar-refractivity contribution in [3.8, 4) is 0 Å². The molecule has 0 saturated carbocycles. The number of rotatable bonds is 4. The predicted molar refractivity (Wildman–Crippen MR) is 76.7 cm³/mol. The van der Waals surface area contributed by atoms with Crippen LogP contribution in [0.5, 0.6) is 0 Å². The Morgan fingerprint density at radius 1 is 1.30 bits per heavy atom. The number of hydrogen-bond donors (Lipinski definition) is 3. The Hall–Kier alpha value is -2.63. The minimum Gasteiger partial charge on any atom is -0.341 e. The Kier molecular flexibility index (Phi) is 4.14. The van der Waals surface area contributed by atoms with Gasteiger partial charge < -0.3 is 15.6 Å². The summed E-state index contributed by atoms with van der Waals surface area (Å²) in [5.74, 6) is -0.419.